The molecule has 3 nitrogen and oxygen atoms in total. The van der Waals surface area contributed by atoms with Gasteiger partial charge >= 0.3 is 0 Å². The molecule has 0 saturated carbocycles. The van der Waals surface area contributed by atoms with E-state index in [4.69, 9.17) is 16.7 Å². The van der Waals surface area contributed by atoms with Gasteiger partial charge in [0.1, 0.15) is 0 Å². The summed E-state index contributed by atoms with van der Waals surface area (Å²) in [4.78, 5) is 0. The molecule has 0 radical (unpaired) electrons. The number of aromatic amines is 1. The Morgan fingerprint density at radius 3 is 2.67 bits per heavy atom. The third-order valence-electron chi connectivity index (χ3n) is 2.26. The first-order valence-corrected chi connectivity index (χ1v) is 5.04. The second-order valence-electron chi connectivity index (χ2n) is 3.32. The Bertz CT molecular complexity index is 436. The van der Waals surface area contributed by atoms with Crippen molar-refractivity contribution < 1.29 is 5.11 Å². The third-order valence-corrected chi connectivity index (χ3v) is 2.52. The van der Waals surface area contributed by atoms with Gasteiger partial charge in [-0.05, 0) is 17.7 Å². The molecule has 15 heavy (non-hydrogen) atoms. The van der Waals surface area contributed by atoms with Crippen LogP contribution in [0.15, 0.2) is 30.5 Å². The topological polar surface area (TPSA) is 48.9 Å². The summed E-state index contributed by atoms with van der Waals surface area (Å²) in [6.45, 7) is 0.0133. The first-order valence-electron chi connectivity index (χ1n) is 4.66. The molecular weight excluding hydrogens is 212 g/mol. The number of rotatable bonds is 3. The van der Waals surface area contributed by atoms with Crippen molar-refractivity contribution in [3.63, 3.8) is 0 Å². The van der Waals surface area contributed by atoms with Gasteiger partial charge in [0.2, 0.25) is 0 Å². The molecule has 78 valence electrons. The summed E-state index contributed by atoms with van der Waals surface area (Å²) < 4.78 is 0. The van der Waals surface area contributed by atoms with Crippen LogP contribution in [-0.2, 0) is 13.0 Å². The number of aliphatic hydroxyl groups excluding tert-OH is 1. The van der Waals surface area contributed by atoms with Gasteiger partial charge in [-0.1, -0.05) is 23.7 Å². The lowest BCUT2D eigenvalue weighted by molar-refractivity contribution is 0.281. The van der Waals surface area contributed by atoms with Crippen LogP contribution in [0.4, 0.5) is 0 Å². The Balaban J connectivity index is 2.18. The normalized spacial score (nSPS) is 10.5. The molecule has 1 aromatic carbocycles. The van der Waals surface area contributed by atoms with E-state index >= 15 is 0 Å². The number of H-pyrrole nitrogens is 1. The number of benzene rings is 1. The second-order valence-corrected chi connectivity index (χ2v) is 3.75. The highest BCUT2D eigenvalue weighted by atomic mass is 35.5. The zero-order valence-corrected chi connectivity index (χ0v) is 8.83. The summed E-state index contributed by atoms with van der Waals surface area (Å²) in [5.41, 5.74) is 2.84. The molecular formula is C11H11ClN2O. The number of hydrogen-bond donors (Lipinski definition) is 2. The SMILES string of the molecule is OCc1c[nH]nc1Cc1ccc(Cl)cc1. The molecule has 0 bridgehead atoms. The molecule has 2 N–H and O–H groups in total. The number of halogens is 1. The molecule has 0 amide bonds. The molecule has 0 fully saturated rings. The molecule has 2 aromatic rings. The van der Waals surface area contributed by atoms with Crippen LogP contribution in [0.3, 0.4) is 0 Å². The van der Waals surface area contributed by atoms with E-state index in [2.05, 4.69) is 10.2 Å². The molecule has 0 spiro atoms. The minimum atomic E-state index is 0.0133. The Kier molecular flexibility index (Phi) is 3.04. The summed E-state index contributed by atoms with van der Waals surface area (Å²) in [7, 11) is 0. The van der Waals surface area contributed by atoms with Crippen LogP contribution in [0, 0.1) is 0 Å². The maximum absolute atomic E-state index is 9.05. The van der Waals surface area contributed by atoms with E-state index in [-0.39, 0.29) is 6.61 Å². The van der Waals surface area contributed by atoms with E-state index in [1.807, 2.05) is 24.3 Å². The number of nitrogens with one attached hydrogen (secondary N) is 1. The molecule has 0 unspecified atom stereocenters. The van der Waals surface area contributed by atoms with Crippen LogP contribution >= 0.6 is 11.6 Å². The van der Waals surface area contributed by atoms with E-state index in [0.29, 0.717) is 6.42 Å². The minimum Gasteiger partial charge on any atom is -0.392 e. The zero-order chi connectivity index (χ0) is 10.7. The standard InChI is InChI=1S/C11H11ClN2O/c12-10-3-1-8(2-4-10)5-11-9(7-15)6-13-14-11/h1-4,6,15H,5,7H2,(H,13,14). The van der Waals surface area contributed by atoms with Crippen LogP contribution < -0.4 is 0 Å². The Labute approximate surface area is 92.7 Å². The van der Waals surface area contributed by atoms with Crippen LogP contribution in [0.1, 0.15) is 16.8 Å². The van der Waals surface area contributed by atoms with Crippen molar-refractivity contribution in [2.75, 3.05) is 0 Å². The molecule has 2 rings (SSSR count). The van der Waals surface area contributed by atoms with Gasteiger partial charge in [-0.25, -0.2) is 0 Å². The molecule has 0 aliphatic carbocycles. The Morgan fingerprint density at radius 2 is 2.00 bits per heavy atom. The molecule has 1 aromatic heterocycles. The largest absolute Gasteiger partial charge is 0.392 e. The van der Waals surface area contributed by atoms with Crippen LogP contribution in [0.5, 0.6) is 0 Å². The summed E-state index contributed by atoms with van der Waals surface area (Å²) in [5.74, 6) is 0. The van der Waals surface area contributed by atoms with E-state index in [9.17, 15) is 0 Å². The van der Waals surface area contributed by atoms with E-state index in [1.54, 1.807) is 6.20 Å². The number of nitrogens with zero attached hydrogens (tertiary/aromatic N) is 1. The average molecular weight is 223 g/mol. The summed E-state index contributed by atoms with van der Waals surface area (Å²) >= 11 is 5.79. The van der Waals surface area contributed by atoms with Crippen molar-refractivity contribution in [2.24, 2.45) is 0 Å². The first kappa shape index (κ1) is 10.2. The van der Waals surface area contributed by atoms with Crippen molar-refractivity contribution in [2.45, 2.75) is 13.0 Å². The Morgan fingerprint density at radius 1 is 1.27 bits per heavy atom. The maximum Gasteiger partial charge on any atom is 0.0720 e. The maximum atomic E-state index is 9.05. The number of aromatic nitrogens is 2. The summed E-state index contributed by atoms with van der Waals surface area (Å²) in [6, 6.07) is 7.61. The minimum absolute atomic E-state index is 0.0133. The van der Waals surface area contributed by atoms with Gasteiger partial charge in [0.15, 0.2) is 0 Å². The van der Waals surface area contributed by atoms with Crippen LogP contribution in [0.25, 0.3) is 0 Å². The van der Waals surface area contributed by atoms with Crippen LogP contribution in [-0.4, -0.2) is 15.3 Å². The highest BCUT2D eigenvalue weighted by Gasteiger charge is 2.05. The monoisotopic (exact) mass is 222 g/mol. The van der Waals surface area contributed by atoms with Crippen LogP contribution in [0.2, 0.25) is 5.02 Å². The lowest BCUT2D eigenvalue weighted by Gasteiger charge is -2.00. The lowest BCUT2D eigenvalue weighted by Crippen LogP contribution is -1.93. The number of aliphatic hydroxyl groups is 1. The van der Waals surface area contributed by atoms with E-state index < -0.39 is 0 Å². The van der Waals surface area contributed by atoms with Gasteiger partial charge in [-0.15, -0.1) is 0 Å². The lowest BCUT2D eigenvalue weighted by atomic mass is 10.1. The number of hydrogen-bond acceptors (Lipinski definition) is 2. The van der Waals surface area contributed by atoms with Gasteiger partial charge in [-0.2, -0.15) is 5.10 Å². The fourth-order valence-electron chi connectivity index (χ4n) is 1.43. The van der Waals surface area contributed by atoms with E-state index in [0.717, 1.165) is 21.8 Å². The molecule has 4 heteroatoms. The second kappa shape index (κ2) is 4.47. The van der Waals surface area contributed by atoms with Gasteiger partial charge in [-0.3, -0.25) is 5.10 Å². The van der Waals surface area contributed by atoms with Gasteiger partial charge in [0.05, 0.1) is 12.3 Å². The van der Waals surface area contributed by atoms with Crippen molar-refractivity contribution >= 4 is 11.6 Å². The van der Waals surface area contributed by atoms with E-state index in [1.165, 1.54) is 0 Å². The molecule has 0 saturated heterocycles. The highest BCUT2D eigenvalue weighted by Crippen LogP contribution is 2.14. The average Bonchev–Trinajstić information content (AvgIpc) is 2.69. The van der Waals surface area contributed by atoms with Gasteiger partial charge in [0, 0.05) is 23.2 Å². The van der Waals surface area contributed by atoms with Crippen molar-refractivity contribution in [3.8, 4) is 0 Å². The molecule has 0 aliphatic rings. The summed E-state index contributed by atoms with van der Waals surface area (Å²) in [5, 5.41) is 16.6. The van der Waals surface area contributed by atoms with Crippen molar-refractivity contribution in [1.82, 2.24) is 10.2 Å². The fourth-order valence-corrected chi connectivity index (χ4v) is 1.55. The fraction of sp³-hybridized carbons (Fsp3) is 0.182. The third kappa shape index (κ3) is 2.37. The summed E-state index contributed by atoms with van der Waals surface area (Å²) in [6.07, 6.45) is 2.42. The first-order chi connectivity index (χ1) is 7.29. The van der Waals surface area contributed by atoms with Gasteiger partial charge < -0.3 is 5.11 Å². The molecule has 1 heterocycles. The smallest absolute Gasteiger partial charge is 0.0720 e. The predicted molar refractivity (Wildman–Crippen MR) is 58.8 cm³/mol. The molecule has 0 atom stereocenters. The van der Waals surface area contributed by atoms with Crippen molar-refractivity contribution in [1.29, 1.82) is 0 Å². The van der Waals surface area contributed by atoms with Crippen molar-refractivity contribution in [3.05, 3.63) is 52.3 Å². The molecule has 0 aliphatic heterocycles. The quantitative estimate of drug-likeness (QED) is 0.836. The van der Waals surface area contributed by atoms with Gasteiger partial charge in [0.25, 0.3) is 0 Å². The Hall–Kier alpha value is -1.32. The highest BCUT2D eigenvalue weighted by molar-refractivity contribution is 6.30. The zero-order valence-electron chi connectivity index (χ0n) is 8.07. The predicted octanol–water partition coefficient (Wildman–Crippen LogP) is 2.15.